The van der Waals surface area contributed by atoms with Crippen molar-refractivity contribution in [3.05, 3.63) is 51.7 Å². The number of nitrogen functional groups attached to an aromatic ring is 1. The number of aryl methyl sites for hydroxylation is 2. The zero-order valence-corrected chi connectivity index (χ0v) is 17.3. The van der Waals surface area contributed by atoms with E-state index in [0.29, 0.717) is 12.0 Å². The number of cyclic esters (lactones) is 1. The highest BCUT2D eigenvalue weighted by molar-refractivity contribution is 5.94. The summed E-state index contributed by atoms with van der Waals surface area (Å²) in [6.45, 7) is 2.73. The van der Waals surface area contributed by atoms with Gasteiger partial charge in [0.05, 0.1) is 22.8 Å². The van der Waals surface area contributed by atoms with Crippen LogP contribution >= 0.6 is 0 Å². The summed E-state index contributed by atoms with van der Waals surface area (Å²) < 4.78 is 5.20. The number of esters is 1. The number of allylic oxidation sites excluding steroid dienone is 1. The summed E-state index contributed by atoms with van der Waals surface area (Å²) in [5, 5.41) is 1.22. The van der Waals surface area contributed by atoms with Crippen LogP contribution in [0.15, 0.2) is 29.4 Å². The van der Waals surface area contributed by atoms with Crippen LogP contribution in [0.1, 0.15) is 42.1 Å². The largest absolute Gasteiger partial charge is 0.460 e. The Morgan fingerprint density at radius 1 is 1.27 bits per heavy atom. The van der Waals surface area contributed by atoms with Crippen molar-refractivity contribution in [2.45, 2.75) is 39.2 Å². The molecule has 6 heteroatoms. The van der Waals surface area contributed by atoms with Gasteiger partial charge < -0.3 is 15.4 Å². The molecule has 1 unspecified atom stereocenters. The minimum absolute atomic E-state index is 0.0353. The Hall–Kier alpha value is -3.15. The first-order valence-electron chi connectivity index (χ1n) is 10.5. The zero-order valence-electron chi connectivity index (χ0n) is 17.3. The van der Waals surface area contributed by atoms with Crippen LogP contribution in [-0.4, -0.2) is 35.8 Å². The molecule has 0 saturated carbocycles. The first kappa shape index (κ1) is 18.9. The fraction of sp³-hybridized carbons (Fsp3) is 0.375. The van der Waals surface area contributed by atoms with E-state index in [1.807, 2.05) is 32.2 Å². The molecule has 3 heterocycles. The molecule has 30 heavy (non-hydrogen) atoms. The van der Waals surface area contributed by atoms with Crippen LogP contribution in [0.2, 0.25) is 0 Å². The molecule has 2 aliphatic heterocycles. The van der Waals surface area contributed by atoms with Gasteiger partial charge in [0.1, 0.15) is 12.9 Å². The fourth-order valence-electron chi connectivity index (χ4n) is 5.13. The Kier molecular flexibility index (Phi) is 4.38. The highest BCUT2D eigenvalue weighted by Gasteiger charge is 2.33. The Morgan fingerprint density at radius 2 is 2.07 bits per heavy atom. The number of rotatable bonds is 3. The molecule has 1 atom stereocenters. The normalized spacial score (nSPS) is 21.9. The number of aromatic nitrogens is 1. The predicted octanol–water partition coefficient (Wildman–Crippen LogP) is 3.17. The second-order valence-corrected chi connectivity index (χ2v) is 8.35. The molecule has 0 radical (unpaired) electrons. The second-order valence-electron chi connectivity index (χ2n) is 8.35. The van der Waals surface area contributed by atoms with Crippen molar-refractivity contribution in [3.63, 3.8) is 0 Å². The van der Waals surface area contributed by atoms with Gasteiger partial charge in [-0.2, -0.15) is 0 Å². The summed E-state index contributed by atoms with van der Waals surface area (Å²) in [6.07, 6.45) is 6.47. The Labute approximate surface area is 175 Å². The number of nitrogens with two attached hydrogens (primary N) is 1. The maximum atomic E-state index is 12.3. The van der Waals surface area contributed by atoms with Crippen molar-refractivity contribution in [3.8, 4) is 0 Å². The summed E-state index contributed by atoms with van der Waals surface area (Å²) >= 11 is 0. The van der Waals surface area contributed by atoms with E-state index in [1.54, 1.807) is 0 Å². The van der Waals surface area contributed by atoms with Gasteiger partial charge in [0.25, 0.3) is 0 Å². The van der Waals surface area contributed by atoms with E-state index in [0.717, 1.165) is 60.3 Å². The van der Waals surface area contributed by atoms with Gasteiger partial charge in [0.15, 0.2) is 0 Å². The maximum Gasteiger partial charge on any atom is 0.313 e. The van der Waals surface area contributed by atoms with Crippen LogP contribution in [0.25, 0.3) is 16.6 Å². The molecular weight excluding hydrogens is 378 g/mol. The van der Waals surface area contributed by atoms with Crippen LogP contribution in [0.5, 0.6) is 0 Å². The monoisotopic (exact) mass is 403 g/mol. The summed E-state index contributed by atoms with van der Waals surface area (Å²) in [7, 11) is 2.03. The van der Waals surface area contributed by atoms with Crippen LogP contribution in [-0.2, 0) is 33.7 Å². The lowest BCUT2D eigenvalue weighted by atomic mass is 9.86. The minimum Gasteiger partial charge on any atom is -0.460 e. The van der Waals surface area contributed by atoms with Crippen molar-refractivity contribution in [1.82, 2.24) is 9.88 Å². The number of carbonyl (C=O) groups excluding carboxylic acids is 2. The Balaban J connectivity index is 1.73. The molecule has 0 amide bonds. The first-order chi connectivity index (χ1) is 14.5. The molecule has 6 nitrogen and oxygen atoms in total. The van der Waals surface area contributed by atoms with Gasteiger partial charge in [-0.25, -0.2) is 4.98 Å². The van der Waals surface area contributed by atoms with Gasteiger partial charge in [-0.05, 0) is 60.6 Å². The van der Waals surface area contributed by atoms with Gasteiger partial charge in [-0.1, -0.05) is 6.92 Å². The number of fused-ring (bicyclic) bond motifs is 2. The lowest BCUT2D eigenvalue weighted by Gasteiger charge is -2.24. The summed E-state index contributed by atoms with van der Waals surface area (Å²) in [4.78, 5) is 31.2. The van der Waals surface area contributed by atoms with E-state index in [-0.39, 0.29) is 12.6 Å². The minimum atomic E-state index is -0.422. The van der Waals surface area contributed by atoms with Crippen molar-refractivity contribution in [1.29, 1.82) is 0 Å². The standard InChI is InChI=1S/C24H25N3O3/c1-3-14-17(13(11-28)12-30-24(14)29)9-21-23-18(10-27(21)2)15-5-4-6-16-19(25)7-8-20(26-23)22(15)16/h7-9,11,14H,3-6,10,12,25H2,1-2H3/b21-9-. The number of anilines is 1. The molecule has 0 bridgehead atoms. The number of carbonyl (C=O) groups is 2. The molecule has 1 aliphatic carbocycles. The molecule has 5 rings (SSSR count). The van der Waals surface area contributed by atoms with Gasteiger partial charge >= 0.3 is 5.97 Å². The number of pyridine rings is 1. The van der Waals surface area contributed by atoms with E-state index in [4.69, 9.17) is 15.5 Å². The van der Waals surface area contributed by atoms with Crippen molar-refractivity contribution < 1.29 is 14.3 Å². The predicted molar refractivity (Wildman–Crippen MR) is 115 cm³/mol. The van der Waals surface area contributed by atoms with E-state index in [1.165, 1.54) is 22.1 Å². The number of ether oxygens (including phenoxy) is 1. The molecule has 0 fully saturated rings. The fourth-order valence-corrected chi connectivity index (χ4v) is 5.13. The van der Waals surface area contributed by atoms with Gasteiger partial charge in [0.2, 0.25) is 0 Å². The molecular formula is C24H25N3O3. The van der Waals surface area contributed by atoms with E-state index in [2.05, 4.69) is 4.90 Å². The molecule has 154 valence electrons. The third-order valence-corrected chi connectivity index (χ3v) is 6.66. The maximum absolute atomic E-state index is 12.3. The third-order valence-electron chi connectivity index (χ3n) is 6.66. The zero-order chi connectivity index (χ0) is 21.0. The smallest absolute Gasteiger partial charge is 0.313 e. The van der Waals surface area contributed by atoms with Crippen molar-refractivity contribution in [2.75, 3.05) is 19.4 Å². The first-order valence-corrected chi connectivity index (χ1v) is 10.5. The summed E-state index contributed by atoms with van der Waals surface area (Å²) in [5.41, 5.74) is 15.1. The summed E-state index contributed by atoms with van der Waals surface area (Å²) in [6, 6.07) is 3.95. The number of nitrogens with zero attached hydrogens (tertiary/aromatic N) is 2. The Bertz CT molecular complexity index is 1160. The van der Waals surface area contributed by atoms with Gasteiger partial charge in [-0.3, -0.25) is 9.59 Å². The number of hydrogen-bond acceptors (Lipinski definition) is 6. The highest BCUT2D eigenvalue weighted by Crippen LogP contribution is 2.42. The average Bonchev–Trinajstić information content (AvgIpc) is 3.06. The summed E-state index contributed by atoms with van der Waals surface area (Å²) in [5.74, 6) is -0.688. The number of benzene rings is 1. The van der Waals surface area contributed by atoms with E-state index >= 15 is 0 Å². The van der Waals surface area contributed by atoms with Gasteiger partial charge in [-0.15, -0.1) is 0 Å². The molecule has 0 saturated heterocycles. The highest BCUT2D eigenvalue weighted by atomic mass is 16.5. The molecule has 2 N–H and O–H groups in total. The van der Waals surface area contributed by atoms with Gasteiger partial charge in [0, 0.05) is 35.8 Å². The molecule has 3 aliphatic rings. The topological polar surface area (TPSA) is 85.5 Å². The quantitative estimate of drug-likeness (QED) is 0.481. The number of aldehydes is 1. The molecule has 0 spiro atoms. The third kappa shape index (κ3) is 2.66. The van der Waals surface area contributed by atoms with Crippen LogP contribution < -0.4 is 5.73 Å². The molecule has 2 aromatic rings. The lowest BCUT2D eigenvalue weighted by molar-refractivity contribution is -0.147. The second kappa shape index (κ2) is 6.97. The van der Waals surface area contributed by atoms with E-state index < -0.39 is 5.92 Å². The van der Waals surface area contributed by atoms with E-state index in [9.17, 15) is 9.59 Å². The molecule has 1 aromatic carbocycles. The number of hydrogen-bond donors (Lipinski definition) is 1. The van der Waals surface area contributed by atoms with Crippen LogP contribution in [0, 0.1) is 5.92 Å². The van der Waals surface area contributed by atoms with Crippen molar-refractivity contribution in [2.24, 2.45) is 5.92 Å². The average molecular weight is 403 g/mol. The Morgan fingerprint density at radius 3 is 2.83 bits per heavy atom. The van der Waals surface area contributed by atoms with Crippen molar-refractivity contribution >= 4 is 34.5 Å². The van der Waals surface area contributed by atoms with Crippen LogP contribution in [0.3, 0.4) is 0 Å². The SMILES string of the molecule is CCC1C(=O)OCC(C=O)=C1/C=C1/c2nc3ccc(N)c4c3c(c2CN1C)CCC4. The van der Waals surface area contributed by atoms with Crippen LogP contribution in [0.4, 0.5) is 5.69 Å². The molecule has 1 aromatic heterocycles. The lowest BCUT2D eigenvalue weighted by Crippen LogP contribution is -2.27.